The van der Waals surface area contributed by atoms with Gasteiger partial charge in [-0.3, -0.25) is 25.1 Å². The smallest absolute Gasteiger partial charge is 0.353 e. The van der Waals surface area contributed by atoms with Crippen LogP contribution in [-0.4, -0.2) is 84.1 Å². The molecule has 4 rings (SSSR count). The molecule has 0 bridgehead atoms. The molecule has 2 heterocycles. The van der Waals surface area contributed by atoms with Crippen molar-refractivity contribution in [2.24, 2.45) is 17.6 Å². The second-order valence-electron chi connectivity index (χ2n) is 11.9. The predicted molar refractivity (Wildman–Crippen MR) is 164 cm³/mol. The third-order valence-electron chi connectivity index (χ3n) is 8.41. The summed E-state index contributed by atoms with van der Waals surface area (Å²) in [5.41, 5.74) is 5.84. The molecule has 1 aliphatic heterocycles. The number of carboxylic acid groups (broad SMARTS) is 2. The maximum atomic E-state index is 13.3. The van der Waals surface area contributed by atoms with E-state index in [0.717, 1.165) is 55.2 Å². The Kier molecular flexibility index (Phi) is 11.9. The Hall–Kier alpha value is -3.79. The minimum Gasteiger partial charge on any atom is -0.478 e. The number of ether oxygens (including phenoxy) is 1. The van der Waals surface area contributed by atoms with Gasteiger partial charge in [0.05, 0.1) is 5.25 Å². The number of esters is 1. The summed E-state index contributed by atoms with van der Waals surface area (Å²) in [6, 6.07) is 2.55. The van der Waals surface area contributed by atoms with Crippen molar-refractivity contribution in [1.29, 1.82) is 0 Å². The molecule has 0 aromatic carbocycles. The van der Waals surface area contributed by atoms with Crippen molar-refractivity contribution in [3.8, 4) is 0 Å². The lowest BCUT2D eigenvalue weighted by molar-refractivity contribution is -0.159. The molecule has 14 nitrogen and oxygen atoms in total. The van der Waals surface area contributed by atoms with Gasteiger partial charge in [0.15, 0.2) is 0 Å². The fraction of sp³-hybridized carbons (Fsp3) is 0.548. The largest absolute Gasteiger partial charge is 0.478 e. The van der Waals surface area contributed by atoms with Crippen molar-refractivity contribution in [3.05, 3.63) is 53.1 Å². The van der Waals surface area contributed by atoms with Gasteiger partial charge in [0, 0.05) is 31.0 Å². The van der Waals surface area contributed by atoms with Crippen molar-refractivity contribution in [1.82, 2.24) is 15.6 Å². The molecule has 46 heavy (non-hydrogen) atoms. The number of carboxylic acids is 2. The van der Waals surface area contributed by atoms with Gasteiger partial charge in [0.1, 0.15) is 17.7 Å². The summed E-state index contributed by atoms with van der Waals surface area (Å²) < 4.78 is 5.95. The zero-order chi connectivity index (χ0) is 33.4. The molecule has 6 atom stereocenters. The summed E-state index contributed by atoms with van der Waals surface area (Å²) in [6.45, 7) is 0. The van der Waals surface area contributed by atoms with E-state index >= 15 is 0 Å². The minimum atomic E-state index is -2.67. The van der Waals surface area contributed by atoms with Crippen molar-refractivity contribution in [2.45, 2.75) is 87.5 Å². The first-order chi connectivity index (χ1) is 21.9. The van der Waals surface area contributed by atoms with Gasteiger partial charge in [-0.1, -0.05) is 37.3 Å². The number of rotatable bonds is 13. The Balaban J connectivity index is 1.55. The van der Waals surface area contributed by atoms with E-state index in [2.05, 4.69) is 10.3 Å². The zero-order valence-electron chi connectivity index (χ0n) is 25.2. The van der Waals surface area contributed by atoms with E-state index < -0.39 is 60.5 Å². The Morgan fingerprint density at radius 2 is 1.78 bits per heavy atom. The normalized spacial score (nSPS) is 23.9. The topological polar surface area (TPSA) is 238 Å². The second kappa shape index (κ2) is 15.7. The van der Waals surface area contributed by atoms with Gasteiger partial charge in [-0.15, -0.1) is 11.8 Å². The van der Waals surface area contributed by atoms with E-state index in [9.17, 15) is 34.2 Å². The first kappa shape index (κ1) is 35.1. The highest BCUT2D eigenvalue weighted by Crippen LogP contribution is 2.47. The number of hydrogen-bond donors (Lipinski definition) is 7. The number of aliphatic hydroxyl groups excluding tert-OH is 1. The van der Waals surface area contributed by atoms with Crippen LogP contribution in [0.1, 0.15) is 63.4 Å². The molecular formula is C31H40N4O10S. The lowest BCUT2D eigenvalue weighted by Gasteiger charge is -2.30. The van der Waals surface area contributed by atoms with E-state index in [-0.39, 0.29) is 22.9 Å². The number of nitrogens with one attached hydrogen (secondary N) is 2. The van der Waals surface area contributed by atoms with Gasteiger partial charge in [0.25, 0.3) is 0 Å². The number of aliphatic carboxylic acids is 2. The van der Waals surface area contributed by atoms with Gasteiger partial charge in [-0.2, -0.15) is 0 Å². The zero-order valence-corrected chi connectivity index (χ0v) is 26.0. The van der Waals surface area contributed by atoms with Crippen LogP contribution in [0.15, 0.2) is 47.5 Å². The number of nitrogens with two attached hydrogens (primary N) is 1. The maximum Gasteiger partial charge on any atom is 0.353 e. The number of carbonyl (C=O) groups is 5. The average Bonchev–Trinajstić information content (AvgIpc) is 3.34. The Morgan fingerprint density at radius 1 is 1.09 bits per heavy atom. The van der Waals surface area contributed by atoms with Crippen LogP contribution in [0, 0.1) is 11.8 Å². The molecule has 0 radical (unpaired) electrons. The summed E-state index contributed by atoms with van der Waals surface area (Å²) in [4.78, 5) is 65.3. The second-order valence-corrected chi connectivity index (χ2v) is 13.1. The third kappa shape index (κ3) is 9.15. The van der Waals surface area contributed by atoms with E-state index in [1.165, 1.54) is 11.8 Å². The number of carbonyl (C=O) groups excluding carboxylic acids is 3. The molecule has 0 spiro atoms. The third-order valence-corrected chi connectivity index (χ3v) is 9.79. The van der Waals surface area contributed by atoms with Crippen LogP contribution in [0.4, 0.5) is 0 Å². The predicted octanol–water partition coefficient (Wildman–Crippen LogP) is 0.970. The summed E-state index contributed by atoms with van der Waals surface area (Å²) in [6.07, 6.45) is 8.88. The Labute approximate surface area is 269 Å². The molecule has 15 heteroatoms. The molecule has 250 valence electrons. The minimum absolute atomic E-state index is 0.0901. The molecule has 8 N–H and O–H groups in total. The molecule has 0 fully saturated rings. The van der Waals surface area contributed by atoms with E-state index in [0.29, 0.717) is 18.6 Å². The van der Waals surface area contributed by atoms with Crippen molar-refractivity contribution in [2.75, 3.05) is 5.75 Å². The molecule has 0 saturated heterocycles. The molecule has 0 saturated carbocycles. The first-order valence-corrected chi connectivity index (χ1v) is 16.3. The monoisotopic (exact) mass is 660 g/mol. The van der Waals surface area contributed by atoms with E-state index in [1.807, 2.05) is 23.5 Å². The SMILES string of the molecule is NC(O)(CCC(=O)NC(CSC1CCCCCCC2CC(Cc3ccncc3)=CC3C(=O)OC1=C23)C(=O)NC(O)C(=O)O)C(=O)O. The summed E-state index contributed by atoms with van der Waals surface area (Å²) in [5.74, 6) is -5.54. The molecule has 6 unspecified atom stereocenters. The van der Waals surface area contributed by atoms with Crippen LogP contribution < -0.4 is 16.4 Å². The van der Waals surface area contributed by atoms with Crippen molar-refractivity contribution < 1.29 is 49.1 Å². The van der Waals surface area contributed by atoms with Gasteiger partial charge < -0.3 is 35.8 Å². The van der Waals surface area contributed by atoms with Crippen LogP contribution >= 0.6 is 11.8 Å². The Bertz CT molecular complexity index is 1380. The van der Waals surface area contributed by atoms with Gasteiger partial charge in [-0.25, -0.2) is 9.59 Å². The number of amides is 2. The van der Waals surface area contributed by atoms with E-state index in [4.69, 9.17) is 20.7 Å². The molecule has 3 aliphatic rings. The van der Waals surface area contributed by atoms with Crippen LogP contribution in [-0.2, 0) is 35.1 Å². The summed E-state index contributed by atoms with van der Waals surface area (Å²) in [5, 5.41) is 41.5. The lowest BCUT2D eigenvalue weighted by Crippen LogP contribution is -2.53. The molecular weight excluding hydrogens is 620 g/mol. The first-order valence-electron chi connectivity index (χ1n) is 15.3. The average molecular weight is 661 g/mol. The number of aliphatic hydroxyl groups is 2. The molecule has 1 aromatic heterocycles. The summed E-state index contributed by atoms with van der Waals surface area (Å²) in [7, 11) is 0. The van der Waals surface area contributed by atoms with Crippen LogP contribution in [0.3, 0.4) is 0 Å². The highest BCUT2D eigenvalue weighted by molar-refractivity contribution is 8.00. The number of aromatic nitrogens is 1. The quantitative estimate of drug-likeness (QED) is 0.0888. The molecule has 2 aliphatic carbocycles. The van der Waals surface area contributed by atoms with E-state index in [1.54, 1.807) is 12.4 Å². The van der Waals surface area contributed by atoms with Crippen LogP contribution in [0.25, 0.3) is 0 Å². The fourth-order valence-corrected chi connectivity index (χ4v) is 7.32. The highest BCUT2D eigenvalue weighted by atomic mass is 32.2. The summed E-state index contributed by atoms with van der Waals surface area (Å²) >= 11 is 1.26. The van der Waals surface area contributed by atoms with Crippen LogP contribution in [0.5, 0.6) is 0 Å². The number of allylic oxidation sites excluding steroid dienone is 1. The number of thioether (sulfide) groups is 1. The Morgan fingerprint density at radius 3 is 2.46 bits per heavy atom. The standard InChI is InChI=1S/C31H40N4O10S/c32-31(44,30(42)43)10-7-23(36)34-21(26(37)35-27(38)28(39)40)16-46-22-6-4-2-1-3-5-19-14-18(13-17-8-11-33-12-9-17)15-20-24(19)25(22)45-29(20)41/h8-9,11-12,15,19-22,27,38,44H,1-7,10,13-14,16,32H2,(H,34,36)(H,35,37)(H,39,40)(H,42,43). The molecule has 1 aromatic rings. The van der Waals surface area contributed by atoms with Gasteiger partial charge in [-0.05, 0) is 54.9 Å². The lowest BCUT2D eigenvalue weighted by atomic mass is 9.74. The molecule has 2 amide bonds. The van der Waals surface area contributed by atoms with Crippen LogP contribution in [0.2, 0.25) is 0 Å². The van der Waals surface area contributed by atoms with Gasteiger partial charge in [0.2, 0.25) is 23.8 Å². The number of nitrogens with zero attached hydrogens (tertiary/aromatic N) is 1. The fourth-order valence-electron chi connectivity index (χ4n) is 5.99. The number of hydrogen-bond acceptors (Lipinski definition) is 11. The highest BCUT2D eigenvalue weighted by Gasteiger charge is 2.44. The van der Waals surface area contributed by atoms with Crippen molar-refractivity contribution in [3.63, 3.8) is 0 Å². The number of pyridine rings is 1. The van der Waals surface area contributed by atoms with Gasteiger partial charge >= 0.3 is 17.9 Å². The van der Waals surface area contributed by atoms with Crippen molar-refractivity contribution >= 4 is 41.5 Å². The maximum absolute atomic E-state index is 13.3.